The van der Waals surface area contributed by atoms with Gasteiger partial charge in [0.25, 0.3) is 0 Å². The minimum absolute atomic E-state index is 1.09. The summed E-state index contributed by atoms with van der Waals surface area (Å²) in [6.45, 7) is 0. The molecule has 0 N–H and O–H groups in total. The highest BCUT2D eigenvalue weighted by Gasteiger charge is 2.13. The van der Waals surface area contributed by atoms with Crippen LogP contribution in [0.15, 0.2) is 60.9 Å². The minimum Gasteiger partial charge on any atom is -0.256 e. The van der Waals surface area contributed by atoms with Gasteiger partial charge in [0, 0.05) is 23.2 Å². The first-order valence-corrected chi connectivity index (χ1v) is 8.31. The normalized spacial score (nSPS) is 13.3. The Morgan fingerprint density at radius 2 is 1.21 bits per heavy atom. The fraction of sp³-hybridized carbons (Fsp3) is 0.0909. The monoisotopic (exact) mass is 308 g/mol. The number of benzene rings is 2. The van der Waals surface area contributed by atoms with E-state index in [1.807, 2.05) is 18.5 Å². The highest BCUT2D eigenvalue weighted by atomic mass is 14.7. The summed E-state index contributed by atoms with van der Waals surface area (Å²) in [6, 6.07) is 16.8. The van der Waals surface area contributed by atoms with Crippen molar-refractivity contribution in [2.24, 2.45) is 0 Å². The average Bonchev–Trinajstić information content (AvgIpc) is 3.24. The summed E-state index contributed by atoms with van der Waals surface area (Å²) in [7, 11) is 0. The summed E-state index contributed by atoms with van der Waals surface area (Å²) in [5.74, 6) is 0. The van der Waals surface area contributed by atoms with Crippen molar-refractivity contribution in [3.8, 4) is 0 Å². The number of hydrogen-bond donors (Lipinski definition) is 0. The first-order valence-electron chi connectivity index (χ1n) is 8.31. The molecule has 114 valence electrons. The van der Waals surface area contributed by atoms with E-state index in [-0.39, 0.29) is 0 Å². The Kier molecular flexibility index (Phi) is 2.95. The van der Waals surface area contributed by atoms with Crippen LogP contribution in [0.5, 0.6) is 0 Å². The van der Waals surface area contributed by atoms with Gasteiger partial charge >= 0.3 is 0 Å². The molecule has 2 aromatic heterocycles. The summed E-state index contributed by atoms with van der Waals surface area (Å²) in [5.41, 5.74) is 7.76. The molecule has 2 aliphatic carbocycles. The summed E-state index contributed by atoms with van der Waals surface area (Å²) >= 11 is 0. The molecular formula is C22H16N2. The summed E-state index contributed by atoms with van der Waals surface area (Å²) in [5, 5.41) is 2.69. The third-order valence-electron chi connectivity index (χ3n) is 4.88. The third kappa shape index (κ3) is 2.04. The molecule has 0 unspecified atom stereocenters. The number of aromatic nitrogens is 2. The van der Waals surface area contributed by atoms with E-state index in [0.717, 1.165) is 11.0 Å². The van der Waals surface area contributed by atoms with Gasteiger partial charge in [-0.2, -0.15) is 0 Å². The molecule has 24 heavy (non-hydrogen) atoms. The van der Waals surface area contributed by atoms with Crippen molar-refractivity contribution in [3.05, 3.63) is 83.2 Å². The molecule has 6 rings (SSSR count). The maximum Gasteiger partial charge on any atom is 0.0714 e. The summed E-state index contributed by atoms with van der Waals surface area (Å²) < 4.78 is 0. The number of hydrogen-bond acceptors (Lipinski definition) is 2. The standard InChI is InChI=1S/C11H9N.C11H7N/c2*1-2-8-4-5-9-6-7-12-10(3-1)11(8)9/h1-3,6-7H,4-5H2;1-7H. The third-order valence-corrected chi connectivity index (χ3v) is 4.88. The van der Waals surface area contributed by atoms with Gasteiger partial charge in [0.15, 0.2) is 0 Å². The predicted molar refractivity (Wildman–Crippen MR) is 99.8 cm³/mol. The van der Waals surface area contributed by atoms with Crippen molar-refractivity contribution < 1.29 is 0 Å². The quantitative estimate of drug-likeness (QED) is 0.400. The zero-order chi connectivity index (χ0) is 15.9. The van der Waals surface area contributed by atoms with Crippen LogP contribution in [0.1, 0.15) is 22.3 Å². The second-order valence-electron chi connectivity index (χ2n) is 6.26. The topological polar surface area (TPSA) is 25.8 Å². The second-order valence-corrected chi connectivity index (χ2v) is 6.26. The van der Waals surface area contributed by atoms with Crippen LogP contribution >= 0.6 is 0 Å². The van der Waals surface area contributed by atoms with Gasteiger partial charge in [-0.15, -0.1) is 0 Å². The molecule has 0 fully saturated rings. The van der Waals surface area contributed by atoms with Gasteiger partial charge < -0.3 is 0 Å². The average molecular weight is 308 g/mol. The van der Waals surface area contributed by atoms with Crippen LogP contribution in [0.25, 0.3) is 34.0 Å². The van der Waals surface area contributed by atoms with Crippen LogP contribution in [0.3, 0.4) is 0 Å². The molecule has 2 heterocycles. The lowest BCUT2D eigenvalue weighted by atomic mass is 10.1. The van der Waals surface area contributed by atoms with E-state index in [4.69, 9.17) is 0 Å². The van der Waals surface area contributed by atoms with Crippen molar-refractivity contribution in [1.82, 2.24) is 9.97 Å². The molecule has 2 nitrogen and oxygen atoms in total. The lowest BCUT2D eigenvalue weighted by molar-refractivity contribution is 1.02. The molecule has 2 aromatic carbocycles. The van der Waals surface area contributed by atoms with Gasteiger partial charge in [-0.25, -0.2) is 0 Å². The van der Waals surface area contributed by atoms with E-state index in [0.29, 0.717) is 0 Å². The number of pyridine rings is 2. The molecule has 0 amide bonds. The Bertz CT molecular complexity index is 1010. The van der Waals surface area contributed by atoms with E-state index >= 15 is 0 Å². The predicted octanol–water partition coefficient (Wildman–Crippen LogP) is 5.05. The van der Waals surface area contributed by atoms with Crippen LogP contribution in [0.2, 0.25) is 0 Å². The molecule has 0 bridgehead atoms. The SMILES string of the molecule is C1=Cc2ccnc3cccc1c23.c1cc2c3c(ccnc3c1)CC2. The molecule has 0 radical (unpaired) electrons. The van der Waals surface area contributed by atoms with Crippen molar-refractivity contribution >= 4 is 34.0 Å². The van der Waals surface area contributed by atoms with Crippen molar-refractivity contribution in [1.29, 1.82) is 0 Å². The number of rotatable bonds is 0. The molecule has 0 aliphatic heterocycles. The fourth-order valence-corrected chi connectivity index (χ4v) is 3.76. The minimum atomic E-state index is 1.09. The fourth-order valence-electron chi connectivity index (χ4n) is 3.76. The Hall–Kier alpha value is -3.00. The molecule has 0 spiro atoms. The second kappa shape index (κ2) is 5.27. The Labute approximate surface area is 140 Å². The van der Waals surface area contributed by atoms with Crippen LogP contribution in [0.4, 0.5) is 0 Å². The molecule has 2 aliphatic rings. The van der Waals surface area contributed by atoms with Crippen LogP contribution < -0.4 is 0 Å². The van der Waals surface area contributed by atoms with Gasteiger partial charge in [-0.05, 0) is 59.4 Å². The molecular weight excluding hydrogens is 292 g/mol. The van der Waals surface area contributed by atoms with Crippen molar-refractivity contribution in [2.45, 2.75) is 12.8 Å². The van der Waals surface area contributed by atoms with E-state index in [1.165, 1.54) is 45.9 Å². The van der Waals surface area contributed by atoms with Gasteiger partial charge in [0.2, 0.25) is 0 Å². The molecule has 2 heteroatoms. The van der Waals surface area contributed by atoms with E-state index in [9.17, 15) is 0 Å². The first kappa shape index (κ1) is 13.4. The van der Waals surface area contributed by atoms with Crippen LogP contribution in [-0.2, 0) is 12.8 Å². The first-order chi connectivity index (χ1) is 11.9. The maximum absolute atomic E-state index is 4.34. The van der Waals surface area contributed by atoms with Crippen molar-refractivity contribution in [2.75, 3.05) is 0 Å². The highest BCUT2D eigenvalue weighted by Crippen LogP contribution is 2.29. The van der Waals surface area contributed by atoms with Gasteiger partial charge in [0.05, 0.1) is 11.0 Å². The van der Waals surface area contributed by atoms with Gasteiger partial charge in [-0.1, -0.05) is 36.4 Å². The van der Waals surface area contributed by atoms with E-state index < -0.39 is 0 Å². The zero-order valence-corrected chi connectivity index (χ0v) is 13.2. The summed E-state index contributed by atoms with van der Waals surface area (Å²) in [4.78, 5) is 8.65. The Morgan fingerprint density at radius 3 is 2.04 bits per heavy atom. The van der Waals surface area contributed by atoms with Crippen LogP contribution in [-0.4, -0.2) is 9.97 Å². The Balaban J connectivity index is 0.000000109. The number of nitrogens with zero attached hydrogens (tertiary/aromatic N) is 2. The number of aryl methyl sites for hydroxylation is 2. The Morgan fingerprint density at radius 1 is 0.583 bits per heavy atom. The van der Waals surface area contributed by atoms with Gasteiger partial charge in [-0.3, -0.25) is 9.97 Å². The maximum atomic E-state index is 4.34. The molecule has 0 saturated carbocycles. The van der Waals surface area contributed by atoms with Crippen molar-refractivity contribution in [3.63, 3.8) is 0 Å². The molecule has 4 aromatic rings. The largest absolute Gasteiger partial charge is 0.256 e. The highest BCUT2D eigenvalue weighted by molar-refractivity contribution is 6.03. The van der Waals surface area contributed by atoms with E-state index in [2.05, 4.69) is 64.6 Å². The molecule has 0 saturated heterocycles. The van der Waals surface area contributed by atoms with Crippen LogP contribution in [0, 0.1) is 0 Å². The lowest BCUT2D eigenvalue weighted by Crippen LogP contribution is -1.80. The van der Waals surface area contributed by atoms with Gasteiger partial charge in [0.1, 0.15) is 0 Å². The lowest BCUT2D eigenvalue weighted by Gasteiger charge is -1.98. The molecule has 0 atom stereocenters. The van der Waals surface area contributed by atoms with E-state index in [1.54, 1.807) is 0 Å². The smallest absolute Gasteiger partial charge is 0.0714 e. The summed E-state index contributed by atoms with van der Waals surface area (Å²) in [6.07, 6.45) is 10.4. The zero-order valence-electron chi connectivity index (χ0n) is 13.2.